The molecule has 1 aliphatic rings. The molecule has 1 unspecified atom stereocenters. The van der Waals surface area contributed by atoms with Crippen LogP contribution in [0.3, 0.4) is 0 Å². The fourth-order valence-corrected chi connectivity index (χ4v) is 5.61. The zero-order valence-electron chi connectivity index (χ0n) is 23.1. The van der Waals surface area contributed by atoms with E-state index in [0.29, 0.717) is 53.0 Å². The van der Waals surface area contributed by atoms with E-state index in [-0.39, 0.29) is 13.2 Å². The predicted molar refractivity (Wildman–Crippen MR) is 164 cm³/mol. The Balaban J connectivity index is 1.53. The molecule has 0 saturated carbocycles. The molecule has 1 atom stereocenters. The van der Waals surface area contributed by atoms with Crippen molar-refractivity contribution in [2.75, 3.05) is 23.8 Å². The van der Waals surface area contributed by atoms with E-state index in [4.69, 9.17) is 29.5 Å². The van der Waals surface area contributed by atoms with Gasteiger partial charge in [-0.25, -0.2) is 8.42 Å². The molecule has 0 saturated heterocycles. The van der Waals surface area contributed by atoms with E-state index in [2.05, 4.69) is 0 Å². The molecule has 0 spiro atoms. The second-order valence-corrected chi connectivity index (χ2v) is 12.3. The fourth-order valence-electron chi connectivity index (χ4n) is 4.78. The molecule has 0 radical (unpaired) electrons. The molecule has 226 valence electrons. The maximum absolute atomic E-state index is 11.6. The maximum atomic E-state index is 11.6. The van der Waals surface area contributed by atoms with Crippen LogP contribution >= 0.6 is 11.6 Å². The second-order valence-electron chi connectivity index (χ2n) is 9.72. The first kappa shape index (κ1) is 30.9. The first-order valence-corrected chi connectivity index (χ1v) is 16.5. The number of benzene rings is 3. The van der Waals surface area contributed by atoms with Crippen molar-refractivity contribution in [1.29, 1.82) is 0 Å². The van der Waals surface area contributed by atoms with Crippen LogP contribution in [0.4, 0.5) is 5.69 Å². The monoisotopic (exact) mass is 644 g/mol. The lowest BCUT2D eigenvalue weighted by atomic mass is 10.1. The van der Waals surface area contributed by atoms with E-state index >= 15 is 0 Å². The van der Waals surface area contributed by atoms with Crippen molar-refractivity contribution in [3.8, 4) is 16.9 Å². The van der Waals surface area contributed by atoms with Gasteiger partial charge in [0, 0.05) is 23.7 Å². The van der Waals surface area contributed by atoms with Crippen molar-refractivity contribution in [3.05, 3.63) is 95.2 Å². The van der Waals surface area contributed by atoms with Crippen LogP contribution in [0, 0.1) is 0 Å². The number of fused-ring (bicyclic) bond motifs is 2. The number of ether oxygens (including phenoxy) is 1. The van der Waals surface area contributed by atoms with Gasteiger partial charge in [-0.15, -0.1) is 0 Å². The minimum atomic E-state index is -4.49. The molecule has 43 heavy (non-hydrogen) atoms. The summed E-state index contributed by atoms with van der Waals surface area (Å²) in [5.74, 6) is 0.887. The van der Waals surface area contributed by atoms with Gasteiger partial charge < -0.3 is 18.6 Å². The van der Waals surface area contributed by atoms with Crippen molar-refractivity contribution in [3.63, 3.8) is 0 Å². The zero-order valence-corrected chi connectivity index (χ0v) is 25.5. The number of anilines is 1. The number of nitrogens with zero attached hydrogens (tertiary/aromatic N) is 2. The molecule has 0 fully saturated rings. The quantitative estimate of drug-likeness (QED) is 0.0897. The van der Waals surface area contributed by atoms with Crippen LogP contribution in [-0.4, -0.2) is 40.6 Å². The first-order chi connectivity index (χ1) is 20.6. The summed E-state index contributed by atoms with van der Waals surface area (Å²) in [6.45, 7) is 2.35. The van der Waals surface area contributed by atoms with Crippen molar-refractivity contribution in [2.45, 2.75) is 26.3 Å². The highest BCUT2D eigenvalue weighted by Crippen LogP contribution is 2.41. The molecule has 10 nitrogen and oxygen atoms in total. The Bertz CT molecular complexity index is 1820. The van der Waals surface area contributed by atoms with Crippen LogP contribution in [0.2, 0.25) is 5.02 Å². The Morgan fingerprint density at radius 1 is 1.14 bits per heavy atom. The van der Waals surface area contributed by atoms with E-state index in [1.807, 2.05) is 66.4 Å². The van der Waals surface area contributed by atoms with Crippen molar-refractivity contribution in [1.82, 2.24) is 0 Å². The lowest BCUT2D eigenvalue weighted by Gasteiger charge is -2.18. The SMILES string of the molecule is CCC(=Cc1oc2ccc(-c3ccccc3)cc2[n+]1CCS(=O)(=O)[O-])C=C1Oc2ccc(Cl)cc2N1CCCOS(=O)O. The molecular weight excluding hydrogens is 616 g/mol. The Morgan fingerprint density at radius 2 is 1.93 bits per heavy atom. The van der Waals surface area contributed by atoms with Gasteiger partial charge in [0.1, 0.15) is 10.1 Å². The Kier molecular flexibility index (Phi) is 9.65. The number of aryl methyl sites for hydroxylation is 1. The molecule has 2 heterocycles. The van der Waals surface area contributed by atoms with Crippen LogP contribution in [0.1, 0.15) is 25.7 Å². The van der Waals surface area contributed by atoms with Crippen LogP contribution in [0.5, 0.6) is 5.75 Å². The highest BCUT2D eigenvalue weighted by Gasteiger charge is 2.28. The van der Waals surface area contributed by atoms with Crippen LogP contribution in [0.25, 0.3) is 28.3 Å². The van der Waals surface area contributed by atoms with Crippen molar-refractivity contribution < 1.29 is 39.6 Å². The predicted octanol–water partition coefficient (Wildman–Crippen LogP) is 5.66. The highest BCUT2D eigenvalue weighted by atomic mass is 35.5. The minimum Gasteiger partial charge on any atom is -0.748 e. The van der Waals surface area contributed by atoms with E-state index in [0.717, 1.165) is 22.4 Å². The normalized spacial score (nSPS) is 15.2. The number of rotatable bonds is 12. The largest absolute Gasteiger partial charge is 0.748 e. The maximum Gasteiger partial charge on any atom is 0.374 e. The molecule has 1 aliphatic heterocycles. The van der Waals surface area contributed by atoms with Gasteiger partial charge in [-0.1, -0.05) is 54.9 Å². The van der Waals surface area contributed by atoms with Gasteiger partial charge in [-0.2, -0.15) is 8.78 Å². The Hall–Kier alpha value is -3.52. The fraction of sp³-hybridized carbons (Fsp3) is 0.233. The Labute approximate surface area is 257 Å². The number of halogens is 1. The summed E-state index contributed by atoms with van der Waals surface area (Å²) in [6.07, 6.45) is 4.63. The van der Waals surface area contributed by atoms with Crippen LogP contribution < -0.4 is 14.2 Å². The topological polar surface area (TPSA) is 133 Å². The van der Waals surface area contributed by atoms with Gasteiger partial charge in [-0.3, -0.25) is 8.74 Å². The lowest BCUT2D eigenvalue weighted by molar-refractivity contribution is -0.673. The minimum absolute atomic E-state index is 0.0613. The van der Waals surface area contributed by atoms with Gasteiger partial charge in [0.25, 0.3) is 5.52 Å². The molecule has 4 aromatic rings. The van der Waals surface area contributed by atoms with E-state index in [9.17, 15) is 17.2 Å². The average molecular weight is 645 g/mol. The third kappa shape index (κ3) is 7.71. The summed E-state index contributed by atoms with van der Waals surface area (Å²) in [4.78, 5) is 1.90. The number of hydrogen-bond donors (Lipinski definition) is 1. The zero-order chi connectivity index (χ0) is 30.6. The molecule has 5 rings (SSSR count). The summed E-state index contributed by atoms with van der Waals surface area (Å²) in [7, 11) is -4.49. The second kappa shape index (κ2) is 13.4. The van der Waals surface area contributed by atoms with Crippen molar-refractivity contribution in [2.24, 2.45) is 0 Å². The summed E-state index contributed by atoms with van der Waals surface area (Å²) in [6, 6.07) is 20.7. The summed E-state index contributed by atoms with van der Waals surface area (Å²) < 4.78 is 73.4. The molecule has 13 heteroatoms. The molecule has 0 bridgehead atoms. The van der Waals surface area contributed by atoms with Gasteiger partial charge in [0.2, 0.25) is 11.5 Å². The first-order valence-electron chi connectivity index (χ1n) is 13.5. The molecule has 3 aromatic carbocycles. The molecule has 0 aliphatic carbocycles. The molecule has 0 amide bonds. The van der Waals surface area contributed by atoms with Gasteiger partial charge in [0.15, 0.2) is 12.3 Å². The number of oxazole rings is 1. The summed E-state index contributed by atoms with van der Waals surface area (Å²) in [5.41, 5.74) is 4.64. The van der Waals surface area contributed by atoms with Gasteiger partial charge in [0.05, 0.1) is 24.1 Å². The number of allylic oxidation sites excluding steroid dienone is 2. The Morgan fingerprint density at radius 3 is 2.65 bits per heavy atom. The third-order valence-corrected chi connectivity index (χ3v) is 8.12. The van der Waals surface area contributed by atoms with Crippen LogP contribution in [-0.2, 0) is 32.2 Å². The van der Waals surface area contributed by atoms with Gasteiger partial charge >= 0.3 is 17.3 Å². The van der Waals surface area contributed by atoms with E-state index < -0.39 is 27.2 Å². The lowest BCUT2D eigenvalue weighted by Crippen LogP contribution is -2.38. The van der Waals surface area contributed by atoms with Crippen molar-refractivity contribution >= 4 is 55.9 Å². The molecule has 1 aromatic heterocycles. The highest BCUT2D eigenvalue weighted by molar-refractivity contribution is 7.85. The summed E-state index contributed by atoms with van der Waals surface area (Å²) in [5, 5.41) is 0.527. The standard InChI is InChI=1S/C30H29ClN2O8S2/c1-2-21(17-29-32(13-6-15-39-42(34)35)26-20-24(31)10-12-28(26)41-29)18-30-33(14-16-43(36,37)38)25-19-23(9-11-27(25)40-30)22-7-4-3-5-8-22/h3-5,7-12,17-20H,2,6,13-16H2,1H3,(H-,34,35,36,37,38). The van der Waals surface area contributed by atoms with E-state index in [1.54, 1.807) is 28.8 Å². The van der Waals surface area contributed by atoms with E-state index in [1.165, 1.54) is 0 Å². The number of aromatic nitrogens is 1. The molecular formula is C30H29ClN2O8S2. The van der Waals surface area contributed by atoms with Crippen LogP contribution in [0.15, 0.2) is 88.7 Å². The number of hydrogen-bond acceptors (Lipinski definition) is 8. The average Bonchev–Trinajstić information content (AvgIpc) is 3.49. The smallest absolute Gasteiger partial charge is 0.374 e. The third-order valence-electron chi connectivity index (χ3n) is 6.83. The summed E-state index contributed by atoms with van der Waals surface area (Å²) >= 11 is 3.90. The van der Waals surface area contributed by atoms with Gasteiger partial charge in [-0.05, 0) is 53.8 Å². The molecule has 1 N–H and O–H groups in total.